The molecule has 0 heterocycles. The first-order valence-electron chi connectivity index (χ1n) is 10.6. The highest BCUT2D eigenvalue weighted by Gasteiger charge is 2.45. The van der Waals surface area contributed by atoms with Crippen LogP contribution in [0.2, 0.25) is 0 Å². The number of ether oxygens (including phenoxy) is 1. The van der Waals surface area contributed by atoms with Gasteiger partial charge in [0.1, 0.15) is 0 Å². The molecule has 3 atom stereocenters. The molecule has 1 amide bonds. The Balaban J connectivity index is 2.50. The maximum atomic E-state index is 11.2. The van der Waals surface area contributed by atoms with Gasteiger partial charge in [-0.25, -0.2) is 0 Å². The van der Waals surface area contributed by atoms with Crippen molar-refractivity contribution in [3.8, 4) is 0 Å². The van der Waals surface area contributed by atoms with Crippen LogP contribution in [0, 0.1) is 5.92 Å². The normalized spacial score (nSPS) is 25.7. The lowest BCUT2D eigenvalue weighted by molar-refractivity contribution is -0.118. The van der Waals surface area contributed by atoms with Crippen molar-refractivity contribution < 1.29 is 19.7 Å². The first-order valence-corrected chi connectivity index (χ1v) is 10.6. The van der Waals surface area contributed by atoms with Gasteiger partial charge < -0.3 is 20.7 Å². The highest BCUT2D eigenvalue weighted by atomic mass is 16.5. The maximum Gasteiger partial charge on any atom is 0.217 e. The lowest BCUT2D eigenvalue weighted by Gasteiger charge is -2.29. The second-order valence-electron chi connectivity index (χ2n) is 7.55. The first-order chi connectivity index (χ1) is 13.0. The minimum absolute atomic E-state index is 0.0187. The molecule has 0 aromatic heterocycles. The molecule has 4 N–H and O–H groups in total. The molecule has 0 aromatic rings. The summed E-state index contributed by atoms with van der Waals surface area (Å²) >= 11 is 0. The molecule has 0 aromatic carbocycles. The second-order valence-corrected chi connectivity index (χ2v) is 7.55. The molecule has 1 aliphatic carbocycles. The quantitative estimate of drug-likeness (QED) is 0.298. The number of allylic oxidation sites excluding steroid dienone is 2. The summed E-state index contributed by atoms with van der Waals surface area (Å²) in [4.78, 5) is 10.8. The van der Waals surface area contributed by atoms with Crippen molar-refractivity contribution in [1.29, 1.82) is 0 Å². The zero-order valence-electron chi connectivity index (χ0n) is 16.9. The summed E-state index contributed by atoms with van der Waals surface area (Å²) in [6.07, 6.45) is 17.9. The van der Waals surface area contributed by atoms with Crippen molar-refractivity contribution in [2.45, 2.75) is 89.3 Å². The molecule has 1 fully saturated rings. The number of amides is 1. The lowest BCUT2D eigenvalue weighted by Crippen LogP contribution is -2.36. The van der Waals surface area contributed by atoms with E-state index in [1.165, 1.54) is 0 Å². The zero-order chi connectivity index (χ0) is 20.0. The number of carbonyl (C=O) groups is 1. The second kappa shape index (κ2) is 13.9. The number of aliphatic hydroxyl groups is 2. The molecule has 0 bridgehead atoms. The Bertz CT molecular complexity index is 463. The molecule has 1 aliphatic rings. The Morgan fingerprint density at radius 1 is 1.15 bits per heavy atom. The van der Waals surface area contributed by atoms with Gasteiger partial charge >= 0.3 is 0 Å². The highest BCUT2D eigenvalue weighted by molar-refractivity contribution is 5.73. The number of primary amides is 1. The SMILES string of the molecule is CCO[C@H]1CCC(O)(CC=CCCCC(N)=O)[C@@H]1C=CCCCCCCO. The Morgan fingerprint density at radius 2 is 1.89 bits per heavy atom. The summed E-state index contributed by atoms with van der Waals surface area (Å²) in [5.41, 5.74) is 4.39. The summed E-state index contributed by atoms with van der Waals surface area (Å²) in [5.74, 6) is -0.246. The number of hydrogen-bond donors (Lipinski definition) is 3. The van der Waals surface area contributed by atoms with Gasteiger partial charge in [0.2, 0.25) is 5.91 Å². The van der Waals surface area contributed by atoms with E-state index in [2.05, 4.69) is 12.2 Å². The van der Waals surface area contributed by atoms with Gasteiger partial charge in [-0.05, 0) is 58.3 Å². The molecular weight excluding hydrogens is 342 g/mol. The molecule has 27 heavy (non-hydrogen) atoms. The Kier molecular flexibility index (Phi) is 12.3. The van der Waals surface area contributed by atoms with Crippen molar-refractivity contribution >= 4 is 5.91 Å². The van der Waals surface area contributed by atoms with Crippen molar-refractivity contribution in [3.63, 3.8) is 0 Å². The number of unbranched alkanes of at least 4 members (excludes halogenated alkanes) is 5. The van der Waals surface area contributed by atoms with Crippen LogP contribution < -0.4 is 5.73 Å². The fourth-order valence-electron chi connectivity index (χ4n) is 3.80. The highest BCUT2D eigenvalue weighted by Crippen LogP contribution is 2.41. The lowest BCUT2D eigenvalue weighted by atomic mass is 9.86. The van der Waals surface area contributed by atoms with Crippen LogP contribution in [-0.4, -0.2) is 41.0 Å². The van der Waals surface area contributed by atoms with E-state index >= 15 is 0 Å². The Hall–Kier alpha value is -1.17. The van der Waals surface area contributed by atoms with Gasteiger partial charge in [-0.3, -0.25) is 4.79 Å². The van der Waals surface area contributed by atoms with Crippen molar-refractivity contribution in [1.82, 2.24) is 0 Å². The van der Waals surface area contributed by atoms with Crippen LogP contribution in [0.4, 0.5) is 0 Å². The Morgan fingerprint density at radius 3 is 2.59 bits per heavy atom. The number of hydrogen-bond acceptors (Lipinski definition) is 4. The third kappa shape index (κ3) is 9.54. The van der Waals surface area contributed by atoms with Crippen molar-refractivity contribution in [3.05, 3.63) is 24.3 Å². The molecule has 5 heteroatoms. The first kappa shape index (κ1) is 23.9. The maximum absolute atomic E-state index is 11.2. The molecule has 1 rings (SSSR count). The fourth-order valence-corrected chi connectivity index (χ4v) is 3.80. The van der Waals surface area contributed by atoms with Crippen LogP contribution in [0.3, 0.4) is 0 Å². The van der Waals surface area contributed by atoms with Crippen LogP contribution in [0.15, 0.2) is 24.3 Å². The van der Waals surface area contributed by atoms with Crippen LogP contribution in [-0.2, 0) is 9.53 Å². The van der Waals surface area contributed by atoms with Gasteiger partial charge in [-0.1, -0.05) is 37.1 Å². The number of aliphatic hydroxyl groups excluding tert-OH is 1. The molecule has 0 aliphatic heterocycles. The minimum Gasteiger partial charge on any atom is -0.396 e. The summed E-state index contributed by atoms with van der Waals surface area (Å²) in [5, 5.41) is 20.0. The van der Waals surface area contributed by atoms with E-state index in [0.717, 1.165) is 57.8 Å². The summed E-state index contributed by atoms with van der Waals surface area (Å²) in [6, 6.07) is 0. The topological polar surface area (TPSA) is 92.8 Å². The zero-order valence-corrected chi connectivity index (χ0v) is 16.9. The predicted octanol–water partition coefficient (Wildman–Crippen LogP) is 3.63. The van der Waals surface area contributed by atoms with Gasteiger partial charge in [-0.15, -0.1) is 0 Å². The van der Waals surface area contributed by atoms with Gasteiger partial charge in [0.05, 0.1) is 11.7 Å². The van der Waals surface area contributed by atoms with E-state index < -0.39 is 5.60 Å². The van der Waals surface area contributed by atoms with Crippen LogP contribution in [0.5, 0.6) is 0 Å². The van der Waals surface area contributed by atoms with Crippen molar-refractivity contribution in [2.24, 2.45) is 11.7 Å². The molecule has 0 saturated heterocycles. The average molecular weight is 382 g/mol. The average Bonchev–Trinajstić information content (AvgIpc) is 2.94. The molecule has 1 unspecified atom stereocenters. The van der Waals surface area contributed by atoms with E-state index in [1.807, 2.05) is 19.1 Å². The third-order valence-corrected chi connectivity index (χ3v) is 5.32. The molecule has 5 nitrogen and oxygen atoms in total. The molecular formula is C22H39NO4. The van der Waals surface area contributed by atoms with Crippen LogP contribution in [0.25, 0.3) is 0 Å². The monoisotopic (exact) mass is 381 g/mol. The molecule has 0 radical (unpaired) electrons. The van der Waals surface area contributed by atoms with E-state index in [0.29, 0.717) is 19.4 Å². The van der Waals surface area contributed by atoms with E-state index in [-0.39, 0.29) is 24.5 Å². The smallest absolute Gasteiger partial charge is 0.217 e. The minimum atomic E-state index is -0.757. The summed E-state index contributed by atoms with van der Waals surface area (Å²) in [6.45, 7) is 2.93. The van der Waals surface area contributed by atoms with Gasteiger partial charge in [0.25, 0.3) is 0 Å². The number of rotatable bonds is 15. The van der Waals surface area contributed by atoms with Gasteiger partial charge in [0.15, 0.2) is 0 Å². The third-order valence-electron chi connectivity index (χ3n) is 5.32. The predicted molar refractivity (Wildman–Crippen MR) is 109 cm³/mol. The fraction of sp³-hybridized carbons (Fsp3) is 0.773. The number of nitrogens with two attached hydrogens (primary N) is 1. The van der Waals surface area contributed by atoms with Gasteiger partial charge in [0, 0.05) is 25.6 Å². The molecule has 1 saturated carbocycles. The summed E-state index contributed by atoms with van der Waals surface area (Å²) < 4.78 is 5.88. The van der Waals surface area contributed by atoms with Gasteiger partial charge in [-0.2, -0.15) is 0 Å². The van der Waals surface area contributed by atoms with Crippen LogP contribution >= 0.6 is 0 Å². The molecule has 0 spiro atoms. The van der Waals surface area contributed by atoms with Crippen molar-refractivity contribution in [2.75, 3.05) is 13.2 Å². The molecule has 156 valence electrons. The van der Waals surface area contributed by atoms with E-state index in [4.69, 9.17) is 15.6 Å². The standard InChI is InChI=1S/C22H39NO4/c1-2-27-20-15-17-22(26,16-11-7-6-10-14-21(23)25)19(20)13-9-5-3-4-8-12-18-24/h7,9,11,13,19-20,24,26H,2-6,8,10,12,14-18H2,1H3,(H2,23,25)/t19-,20+,22?/m1/s1. The number of carbonyl (C=O) groups excluding carboxylic acids is 1. The van der Waals surface area contributed by atoms with Crippen LogP contribution in [0.1, 0.15) is 77.6 Å². The largest absolute Gasteiger partial charge is 0.396 e. The van der Waals surface area contributed by atoms with E-state index in [9.17, 15) is 9.90 Å². The Labute approximate surface area is 164 Å². The van der Waals surface area contributed by atoms with E-state index in [1.54, 1.807) is 0 Å². The summed E-state index contributed by atoms with van der Waals surface area (Å²) in [7, 11) is 0.